The SMILES string of the molecule is Cc1ccccc1-c1nc(C)c(-c2ccc(-c3ccccc3)cc2)n1C. The summed E-state index contributed by atoms with van der Waals surface area (Å²) < 4.78 is 2.20. The molecule has 0 aliphatic heterocycles. The maximum atomic E-state index is 4.86. The van der Waals surface area contributed by atoms with Crippen molar-refractivity contribution in [2.45, 2.75) is 13.8 Å². The summed E-state index contributed by atoms with van der Waals surface area (Å²) in [7, 11) is 2.10. The highest BCUT2D eigenvalue weighted by molar-refractivity contribution is 5.73. The zero-order valence-corrected chi connectivity index (χ0v) is 15.4. The minimum absolute atomic E-state index is 1.02. The summed E-state index contributed by atoms with van der Waals surface area (Å²) in [5, 5.41) is 0. The molecule has 0 spiro atoms. The minimum atomic E-state index is 1.02. The summed E-state index contributed by atoms with van der Waals surface area (Å²) in [6.45, 7) is 4.22. The summed E-state index contributed by atoms with van der Waals surface area (Å²) in [6, 6.07) is 27.6. The average molecular weight is 338 g/mol. The molecule has 1 heterocycles. The Morgan fingerprint density at radius 1 is 0.654 bits per heavy atom. The first-order valence-electron chi connectivity index (χ1n) is 8.90. The molecule has 0 aliphatic carbocycles. The van der Waals surface area contributed by atoms with Crippen LogP contribution in [0.1, 0.15) is 11.3 Å². The van der Waals surface area contributed by atoms with Gasteiger partial charge in [-0.15, -0.1) is 0 Å². The highest BCUT2D eigenvalue weighted by Gasteiger charge is 2.15. The van der Waals surface area contributed by atoms with Gasteiger partial charge in [0, 0.05) is 18.2 Å². The van der Waals surface area contributed by atoms with Crippen molar-refractivity contribution in [1.82, 2.24) is 9.55 Å². The molecule has 0 N–H and O–H groups in total. The Balaban J connectivity index is 1.76. The zero-order valence-electron chi connectivity index (χ0n) is 15.4. The van der Waals surface area contributed by atoms with E-state index in [0.717, 1.165) is 11.5 Å². The van der Waals surface area contributed by atoms with Gasteiger partial charge >= 0.3 is 0 Å². The highest BCUT2D eigenvalue weighted by Crippen LogP contribution is 2.31. The van der Waals surface area contributed by atoms with Crippen molar-refractivity contribution in [2.75, 3.05) is 0 Å². The van der Waals surface area contributed by atoms with E-state index in [1.807, 2.05) is 6.07 Å². The molecule has 0 atom stereocenters. The number of aromatic nitrogens is 2. The van der Waals surface area contributed by atoms with Gasteiger partial charge in [-0.25, -0.2) is 4.98 Å². The first-order valence-corrected chi connectivity index (χ1v) is 8.90. The topological polar surface area (TPSA) is 17.8 Å². The van der Waals surface area contributed by atoms with Gasteiger partial charge in [0.2, 0.25) is 0 Å². The molecule has 0 saturated carbocycles. The molecule has 2 nitrogen and oxygen atoms in total. The van der Waals surface area contributed by atoms with Crippen LogP contribution < -0.4 is 0 Å². The molecule has 0 amide bonds. The van der Waals surface area contributed by atoms with E-state index in [-0.39, 0.29) is 0 Å². The van der Waals surface area contributed by atoms with Gasteiger partial charge < -0.3 is 4.57 Å². The van der Waals surface area contributed by atoms with E-state index in [9.17, 15) is 0 Å². The van der Waals surface area contributed by atoms with Crippen molar-refractivity contribution in [2.24, 2.45) is 7.05 Å². The van der Waals surface area contributed by atoms with Crippen LogP contribution in [0.25, 0.3) is 33.8 Å². The number of rotatable bonds is 3. The predicted octanol–water partition coefficient (Wildman–Crippen LogP) is 6.04. The van der Waals surface area contributed by atoms with Crippen LogP contribution in [-0.2, 0) is 7.05 Å². The second-order valence-electron chi connectivity index (χ2n) is 6.69. The molecule has 0 aliphatic rings. The Morgan fingerprint density at radius 3 is 1.92 bits per heavy atom. The Labute approximate surface area is 154 Å². The van der Waals surface area contributed by atoms with Crippen LogP contribution >= 0.6 is 0 Å². The maximum Gasteiger partial charge on any atom is 0.140 e. The molecular weight excluding hydrogens is 316 g/mol. The molecule has 0 bridgehead atoms. The second kappa shape index (κ2) is 6.64. The standard InChI is InChI=1S/C24H22N2/c1-17-9-7-8-12-22(17)24-25-18(2)23(26(24)3)21-15-13-20(14-16-21)19-10-5-4-6-11-19/h4-16H,1-3H3. The lowest BCUT2D eigenvalue weighted by molar-refractivity contribution is 0.931. The number of hydrogen-bond acceptors (Lipinski definition) is 1. The molecule has 0 unspecified atom stereocenters. The van der Waals surface area contributed by atoms with Crippen LogP contribution in [0.5, 0.6) is 0 Å². The molecule has 4 aromatic rings. The Hall–Kier alpha value is -3.13. The predicted molar refractivity (Wildman–Crippen MR) is 109 cm³/mol. The number of aryl methyl sites for hydroxylation is 2. The fraction of sp³-hybridized carbons (Fsp3) is 0.125. The molecule has 0 saturated heterocycles. The maximum absolute atomic E-state index is 4.86. The Bertz CT molecular complexity index is 1040. The van der Waals surface area contributed by atoms with E-state index < -0.39 is 0 Å². The molecular formula is C24H22N2. The quantitative estimate of drug-likeness (QED) is 0.445. The van der Waals surface area contributed by atoms with Crippen LogP contribution in [0.15, 0.2) is 78.9 Å². The van der Waals surface area contributed by atoms with E-state index in [1.54, 1.807) is 0 Å². The fourth-order valence-electron chi connectivity index (χ4n) is 3.55. The summed E-state index contributed by atoms with van der Waals surface area (Å²) in [4.78, 5) is 4.86. The van der Waals surface area contributed by atoms with E-state index in [1.165, 1.54) is 33.5 Å². The fourth-order valence-corrected chi connectivity index (χ4v) is 3.55. The lowest BCUT2D eigenvalue weighted by Gasteiger charge is -2.09. The molecule has 128 valence electrons. The van der Waals surface area contributed by atoms with Crippen molar-refractivity contribution in [1.29, 1.82) is 0 Å². The number of hydrogen-bond donors (Lipinski definition) is 0. The number of nitrogens with zero attached hydrogens (tertiary/aromatic N) is 2. The smallest absolute Gasteiger partial charge is 0.140 e. The third kappa shape index (κ3) is 2.84. The van der Waals surface area contributed by atoms with Crippen LogP contribution in [-0.4, -0.2) is 9.55 Å². The van der Waals surface area contributed by atoms with Crippen LogP contribution in [0.3, 0.4) is 0 Å². The third-order valence-electron chi connectivity index (χ3n) is 4.92. The molecule has 2 heteroatoms. The Morgan fingerprint density at radius 2 is 1.23 bits per heavy atom. The van der Waals surface area contributed by atoms with Gasteiger partial charge in [0.1, 0.15) is 5.82 Å². The van der Waals surface area contributed by atoms with Gasteiger partial charge in [-0.3, -0.25) is 0 Å². The van der Waals surface area contributed by atoms with Gasteiger partial charge in [-0.05, 0) is 30.5 Å². The van der Waals surface area contributed by atoms with E-state index in [2.05, 4.69) is 98.3 Å². The molecule has 0 radical (unpaired) electrons. The summed E-state index contributed by atoms with van der Waals surface area (Å²) in [5.74, 6) is 1.02. The normalized spacial score (nSPS) is 10.9. The molecule has 4 rings (SSSR count). The van der Waals surface area contributed by atoms with Crippen molar-refractivity contribution < 1.29 is 0 Å². The van der Waals surface area contributed by atoms with Crippen molar-refractivity contribution >= 4 is 0 Å². The third-order valence-corrected chi connectivity index (χ3v) is 4.92. The van der Waals surface area contributed by atoms with Gasteiger partial charge in [-0.2, -0.15) is 0 Å². The van der Waals surface area contributed by atoms with Crippen molar-refractivity contribution in [3.8, 4) is 33.8 Å². The molecule has 0 fully saturated rings. The zero-order chi connectivity index (χ0) is 18.1. The number of imidazole rings is 1. The molecule has 26 heavy (non-hydrogen) atoms. The Kier molecular flexibility index (Phi) is 4.18. The van der Waals surface area contributed by atoms with E-state index >= 15 is 0 Å². The van der Waals surface area contributed by atoms with Crippen LogP contribution in [0, 0.1) is 13.8 Å². The monoisotopic (exact) mass is 338 g/mol. The summed E-state index contributed by atoms with van der Waals surface area (Å²) >= 11 is 0. The first-order chi connectivity index (χ1) is 12.6. The van der Waals surface area contributed by atoms with E-state index in [4.69, 9.17) is 4.98 Å². The van der Waals surface area contributed by atoms with Gasteiger partial charge in [0.05, 0.1) is 11.4 Å². The van der Waals surface area contributed by atoms with Crippen molar-refractivity contribution in [3.05, 3.63) is 90.1 Å². The largest absolute Gasteiger partial charge is 0.327 e. The van der Waals surface area contributed by atoms with Crippen LogP contribution in [0.2, 0.25) is 0 Å². The molecule has 3 aromatic carbocycles. The summed E-state index contributed by atoms with van der Waals surface area (Å²) in [5.41, 5.74) is 8.31. The first kappa shape index (κ1) is 16.3. The van der Waals surface area contributed by atoms with Gasteiger partial charge in [0.15, 0.2) is 0 Å². The van der Waals surface area contributed by atoms with Gasteiger partial charge in [0.25, 0.3) is 0 Å². The second-order valence-corrected chi connectivity index (χ2v) is 6.69. The number of benzene rings is 3. The minimum Gasteiger partial charge on any atom is -0.327 e. The van der Waals surface area contributed by atoms with Crippen molar-refractivity contribution in [3.63, 3.8) is 0 Å². The lowest BCUT2D eigenvalue weighted by atomic mass is 10.0. The van der Waals surface area contributed by atoms with Gasteiger partial charge in [-0.1, -0.05) is 78.9 Å². The summed E-state index contributed by atoms with van der Waals surface area (Å²) in [6.07, 6.45) is 0. The highest BCUT2D eigenvalue weighted by atomic mass is 15.1. The van der Waals surface area contributed by atoms with Crippen LogP contribution in [0.4, 0.5) is 0 Å². The average Bonchev–Trinajstić information content (AvgIpc) is 2.97. The van der Waals surface area contributed by atoms with E-state index in [0.29, 0.717) is 0 Å². The molecule has 1 aromatic heterocycles. The lowest BCUT2D eigenvalue weighted by Crippen LogP contribution is -1.97.